The molecule has 25 heavy (non-hydrogen) atoms. The van der Waals surface area contributed by atoms with Crippen molar-refractivity contribution in [1.29, 1.82) is 0 Å². The molecule has 0 amide bonds. The molecule has 2 heterocycles. The number of likely N-dealkylation sites (tertiary alicyclic amines) is 1. The lowest BCUT2D eigenvalue weighted by atomic mass is 9.97. The Morgan fingerprint density at radius 1 is 1.12 bits per heavy atom. The molecule has 134 valence electrons. The molecule has 3 rings (SSSR count). The van der Waals surface area contributed by atoms with E-state index in [1.54, 1.807) is 13.1 Å². The van der Waals surface area contributed by atoms with Gasteiger partial charge in [0.15, 0.2) is 0 Å². The standard InChI is InChI=1S/C20H27N3O2/c1-15(2)23-12-10-16(11-13-23)14-25-18-6-4-17(5-7-18)19-8-9-20(24)22(3)21-19/h4-9,15-16H,10-14H2,1-3H3. The van der Waals surface area contributed by atoms with Crippen LogP contribution < -0.4 is 10.3 Å². The molecule has 0 saturated carbocycles. The lowest BCUT2D eigenvalue weighted by Crippen LogP contribution is -2.39. The molecule has 1 aliphatic rings. The van der Waals surface area contributed by atoms with Crippen molar-refractivity contribution < 1.29 is 4.74 Å². The van der Waals surface area contributed by atoms with Gasteiger partial charge in [0.25, 0.3) is 5.56 Å². The Labute approximate surface area is 149 Å². The molecule has 0 N–H and O–H groups in total. The first kappa shape index (κ1) is 17.7. The van der Waals surface area contributed by atoms with E-state index in [4.69, 9.17) is 4.74 Å². The molecule has 5 nitrogen and oxygen atoms in total. The summed E-state index contributed by atoms with van der Waals surface area (Å²) in [4.78, 5) is 14.0. The van der Waals surface area contributed by atoms with Crippen molar-refractivity contribution in [3.05, 3.63) is 46.8 Å². The number of aromatic nitrogens is 2. The molecule has 1 fully saturated rings. The number of piperidine rings is 1. The summed E-state index contributed by atoms with van der Waals surface area (Å²) in [6, 6.07) is 11.9. The van der Waals surface area contributed by atoms with Gasteiger partial charge in [0.2, 0.25) is 0 Å². The van der Waals surface area contributed by atoms with Crippen LogP contribution in [0.5, 0.6) is 5.75 Å². The van der Waals surface area contributed by atoms with Gasteiger partial charge in [-0.05, 0) is 76.0 Å². The lowest BCUT2D eigenvalue weighted by Gasteiger charge is -2.34. The Hall–Kier alpha value is -2.14. The van der Waals surface area contributed by atoms with Gasteiger partial charge in [0, 0.05) is 24.7 Å². The van der Waals surface area contributed by atoms with Crippen LogP contribution >= 0.6 is 0 Å². The Morgan fingerprint density at radius 2 is 1.80 bits per heavy atom. The fourth-order valence-corrected chi connectivity index (χ4v) is 3.23. The summed E-state index contributed by atoms with van der Waals surface area (Å²) in [5, 5.41) is 4.27. The minimum absolute atomic E-state index is 0.104. The number of ether oxygens (including phenoxy) is 1. The van der Waals surface area contributed by atoms with E-state index in [2.05, 4.69) is 23.8 Å². The van der Waals surface area contributed by atoms with Crippen LogP contribution in [0.4, 0.5) is 0 Å². The molecule has 0 radical (unpaired) electrons. The second-order valence-corrected chi connectivity index (χ2v) is 7.09. The summed E-state index contributed by atoms with van der Waals surface area (Å²) in [5.74, 6) is 1.53. The van der Waals surface area contributed by atoms with E-state index < -0.39 is 0 Å². The Kier molecular flexibility index (Phi) is 5.53. The molecule has 0 bridgehead atoms. The van der Waals surface area contributed by atoms with Crippen molar-refractivity contribution in [1.82, 2.24) is 14.7 Å². The molecule has 2 aromatic rings. The molecule has 0 aliphatic carbocycles. The van der Waals surface area contributed by atoms with Crippen LogP contribution in [0.1, 0.15) is 26.7 Å². The average Bonchev–Trinajstić information content (AvgIpc) is 2.63. The van der Waals surface area contributed by atoms with E-state index >= 15 is 0 Å². The third kappa shape index (κ3) is 4.48. The van der Waals surface area contributed by atoms with Crippen LogP contribution in [0.2, 0.25) is 0 Å². The van der Waals surface area contributed by atoms with Gasteiger partial charge in [0.05, 0.1) is 12.3 Å². The van der Waals surface area contributed by atoms with Crippen molar-refractivity contribution in [2.24, 2.45) is 13.0 Å². The highest BCUT2D eigenvalue weighted by Crippen LogP contribution is 2.23. The van der Waals surface area contributed by atoms with Gasteiger partial charge in [0.1, 0.15) is 5.75 Å². The smallest absolute Gasteiger partial charge is 0.266 e. The Balaban J connectivity index is 1.54. The molecule has 1 aromatic heterocycles. The predicted octanol–water partition coefficient (Wildman–Crippen LogP) is 2.95. The van der Waals surface area contributed by atoms with Gasteiger partial charge in [-0.3, -0.25) is 4.79 Å². The summed E-state index contributed by atoms with van der Waals surface area (Å²) < 4.78 is 7.33. The van der Waals surface area contributed by atoms with Crippen LogP contribution in [0, 0.1) is 5.92 Å². The number of nitrogens with zero attached hydrogens (tertiary/aromatic N) is 3. The monoisotopic (exact) mass is 341 g/mol. The van der Waals surface area contributed by atoms with E-state index in [0.717, 1.165) is 23.6 Å². The Morgan fingerprint density at radius 3 is 2.40 bits per heavy atom. The number of hydrogen-bond acceptors (Lipinski definition) is 4. The van der Waals surface area contributed by atoms with Crippen LogP contribution in [-0.2, 0) is 7.05 Å². The van der Waals surface area contributed by atoms with Crippen LogP contribution in [0.25, 0.3) is 11.3 Å². The number of rotatable bonds is 5. The zero-order valence-corrected chi connectivity index (χ0v) is 15.3. The molecular weight excluding hydrogens is 314 g/mol. The molecular formula is C20H27N3O2. The summed E-state index contributed by atoms with van der Waals surface area (Å²) in [7, 11) is 1.66. The molecule has 1 saturated heterocycles. The second-order valence-electron chi connectivity index (χ2n) is 7.09. The summed E-state index contributed by atoms with van der Waals surface area (Å²) in [6.45, 7) is 7.64. The number of hydrogen-bond donors (Lipinski definition) is 0. The number of benzene rings is 1. The molecule has 1 aromatic carbocycles. The highest BCUT2D eigenvalue weighted by atomic mass is 16.5. The molecule has 0 unspecified atom stereocenters. The summed E-state index contributed by atoms with van der Waals surface area (Å²) in [6.07, 6.45) is 2.41. The van der Waals surface area contributed by atoms with Crippen LogP contribution in [-0.4, -0.2) is 40.4 Å². The first-order valence-corrected chi connectivity index (χ1v) is 9.04. The highest BCUT2D eigenvalue weighted by Gasteiger charge is 2.21. The zero-order valence-electron chi connectivity index (χ0n) is 15.3. The molecule has 0 spiro atoms. The molecule has 0 atom stereocenters. The topological polar surface area (TPSA) is 47.4 Å². The molecule has 5 heteroatoms. The minimum atomic E-state index is -0.104. The lowest BCUT2D eigenvalue weighted by molar-refractivity contribution is 0.119. The Bertz CT molecular complexity index is 744. The van der Waals surface area contributed by atoms with Crippen molar-refractivity contribution in [3.8, 4) is 17.0 Å². The SMILES string of the molecule is CC(C)N1CCC(COc2ccc(-c3ccc(=O)n(C)n3)cc2)CC1. The van der Waals surface area contributed by atoms with Crippen LogP contribution in [0.3, 0.4) is 0 Å². The maximum Gasteiger partial charge on any atom is 0.266 e. The van der Waals surface area contributed by atoms with Crippen molar-refractivity contribution >= 4 is 0 Å². The second kappa shape index (κ2) is 7.83. The summed E-state index contributed by atoms with van der Waals surface area (Å²) >= 11 is 0. The predicted molar refractivity (Wildman–Crippen MR) is 99.8 cm³/mol. The minimum Gasteiger partial charge on any atom is -0.493 e. The van der Waals surface area contributed by atoms with Gasteiger partial charge in [-0.25, -0.2) is 4.68 Å². The van der Waals surface area contributed by atoms with E-state index in [1.807, 2.05) is 24.3 Å². The third-order valence-electron chi connectivity index (χ3n) is 4.98. The van der Waals surface area contributed by atoms with E-state index in [1.165, 1.54) is 36.7 Å². The van der Waals surface area contributed by atoms with Gasteiger partial charge >= 0.3 is 0 Å². The fourth-order valence-electron chi connectivity index (χ4n) is 3.23. The molecule has 1 aliphatic heterocycles. The normalized spacial score (nSPS) is 16.3. The third-order valence-corrected chi connectivity index (χ3v) is 4.98. The summed E-state index contributed by atoms with van der Waals surface area (Å²) in [5.41, 5.74) is 1.66. The quantitative estimate of drug-likeness (QED) is 0.839. The van der Waals surface area contributed by atoms with Gasteiger partial charge < -0.3 is 9.64 Å². The maximum absolute atomic E-state index is 11.4. The van der Waals surface area contributed by atoms with Crippen molar-refractivity contribution in [2.75, 3.05) is 19.7 Å². The van der Waals surface area contributed by atoms with Gasteiger partial charge in [-0.2, -0.15) is 5.10 Å². The van der Waals surface area contributed by atoms with E-state index in [0.29, 0.717) is 12.0 Å². The maximum atomic E-state index is 11.4. The number of aryl methyl sites for hydroxylation is 1. The first-order chi connectivity index (χ1) is 12.0. The largest absolute Gasteiger partial charge is 0.493 e. The fraction of sp³-hybridized carbons (Fsp3) is 0.500. The van der Waals surface area contributed by atoms with Gasteiger partial charge in [-0.15, -0.1) is 0 Å². The van der Waals surface area contributed by atoms with Gasteiger partial charge in [-0.1, -0.05) is 0 Å². The van der Waals surface area contributed by atoms with Crippen molar-refractivity contribution in [3.63, 3.8) is 0 Å². The first-order valence-electron chi connectivity index (χ1n) is 9.04. The van der Waals surface area contributed by atoms with E-state index in [9.17, 15) is 4.79 Å². The highest BCUT2D eigenvalue weighted by molar-refractivity contribution is 5.59. The van der Waals surface area contributed by atoms with Crippen LogP contribution in [0.15, 0.2) is 41.2 Å². The average molecular weight is 341 g/mol. The van der Waals surface area contributed by atoms with E-state index in [-0.39, 0.29) is 5.56 Å². The zero-order chi connectivity index (χ0) is 17.8. The van der Waals surface area contributed by atoms with Crippen molar-refractivity contribution in [2.45, 2.75) is 32.7 Å².